The molecule has 0 amide bonds. The average Bonchev–Trinajstić information content (AvgIpc) is 3.53. The van der Waals surface area contributed by atoms with Gasteiger partial charge < -0.3 is 0 Å². The van der Waals surface area contributed by atoms with Crippen LogP contribution in [-0.2, 0) is 0 Å². The van der Waals surface area contributed by atoms with Crippen LogP contribution in [0.3, 0.4) is 0 Å². The number of para-hydroxylation sites is 1. The van der Waals surface area contributed by atoms with Crippen molar-refractivity contribution in [3.63, 3.8) is 0 Å². The molecule has 4 aromatic heterocycles. The van der Waals surface area contributed by atoms with Gasteiger partial charge in [0.05, 0.1) is 27.3 Å². The first-order valence-corrected chi connectivity index (χ1v) is 16.2. The van der Waals surface area contributed by atoms with Crippen molar-refractivity contribution in [3.8, 4) is 56.8 Å². The van der Waals surface area contributed by atoms with E-state index in [1.807, 2.05) is 78.9 Å². The Kier molecular flexibility index (Phi) is 6.58. The third kappa shape index (κ3) is 5.01. The molecular formula is C41H25N5S. The third-order valence-corrected chi connectivity index (χ3v) is 9.51. The summed E-state index contributed by atoms with van der Waals surface area (Å²) in [5, 5.41) is 3.49. The van der Waals surface area contributed by atoms with Gasteiger partial charge in [0.25, 0.3) is 0 Å². The minimum Gasteiger partial charge on any atom is -0.246 e. The van der Waals surface area contributed by atoms with Crippen molar-refractivity contribution >= 4 is 42.4 Å². The quantitative estimate of drug-likeness (QED) is 0.192. The Hall–Kier alpha value is -6.11. The normalized spacial score (nSPS) is 11.4. The maximum atomic E-state index is 5.30. The SMILES string of the molecule is c1ccc(-c2nc(-c3ccccc3)nc(-c3cccc(-c4nc(-c5ccc6ccccc6n5)cc5c4sc4ccccc45)c3)n2)cc1. The fraction of sp³-hybridized carbons (Fsp3) is 0. The van der Waals surface area contributed by atoms with Crippen LogP contribution in [0.4, 0.5) is 0 Å². The molecule has 0 saturated heterocycles. The van der Waals surface area contributed by atoms with E-state index in [0.29, 0.717) is 17.5 Å². The van der Waals surface area contributed by atoms with E-state index in [1.165, 1.54) is 15.5 Å². The molecule has 47 heavy (non-hydrogen) atoms. The van der Waals surface area contributed by atoms with E-state index in [9.17, 15) is 0 Å². The highest BCUT2D eigenvalue weighted by Gasteiger charge is 2.18. The van der Waals surface area contributed by atoms with Crippen LogP contribution in [0.5, 0.6) is 0 Å². The molecule has 0 bridgehead atoms. The molecule has 220 valence electrons. The van der Waals surface area contributed by atoms with Crippen LogP contribution in [0, 0.1) is 0 Å². The molecule has 6 heteroatoms. The Morgan fingerprint density at radius 1 is 0.383 bits per heavy atom. The lowest BCUT2D eigenvalue weighted by Crippen LogP contribution is -2.00. The summed E-state index contributed by atoms with van der Waals surface area (Å²) < 4.78 is 2.36. The maximum Gasteiger partial charge on any atom is 0.164 e. The van der Waals surface area contributed by atoms with Gasteiger partial charge in [0.2, 0.25) is 0 Å². The number of thiophene rings is 1. The van der Waals surface area contributed by atoms with Crippen LogP contribution in [0.2, 0.25) is 0 Å². The van der Waals surface area contributed by atoms with Gasteiger partial charge in [0.15, 0.2) is 17.5 Å². The third-order valence-electron chi connectivity index (χ3n) is 8.32. The Morgan fingerprint density at radius 2 is 1.00 bits per heavy atom. The zero-order valence-electron chi connectivity index (χ0n) is 25.1. The summed E-state index contributed by atoms with van der Waals surface area (Å²) >= 11 is 1.77. The fourth-order valence-corrected chi connectivity index (χ4v) is 7.20. The number of rotatable bonds is 5. The van der Waals surface area contributed by atoms with Gasteiger partial charge in [0.1, 0.15) is 0 Å². The van der Waals surface area contributed by atoms with Crippen LogP contribution >= 0.6 is 11.3 Å². The lowest BCUT2D eigenvalue weighted by molar-refractivity contribution is 1.07. The van der Waals surface area contributed by atoms with Crippen LogP contribution in [-0.4, -0.2) is 24.9 Å². The highest BCUT2D eigenvalue weighted by atomic mass is 32.1. The summed E-state index contributed by atoms with van der Waals surface area (Å²) in [7, 11) is 0. The van der Waals surface area contributed by atoms with Crippen LogP contribution in [0.1, 0.15) is 0 Å². The first kappa shape index (κ1) is 27.2. The van der Waals surface area contributed by atoms with Gasteiger partial charge in [-0.3, -0.25) is 0 Å². The zero-order valence-corrected chi connectivity index (χ0v) is 25.9. The summed E-state index contributed by atoms with van der Waals surface area (Å²) in [6.45, 7) is 0. The van der Waals surface area contributed by atoms with Crippen molar-refractivity contribution in [2.24, 2.45) is 0 Å². The molecule has 0 saturated carbocycles. The maximum absolute atomic E-state index is 5.30. The molecule has 0 unspecified atom stereocenters. The Balaban J connectivity index is 1.24. The summed E-state index contributed by atoms with van der Waals surface area (Å²) in [6, 6.07) is 51.6. The van der Waals surface area contributed by atoms with E-state index in [0.717, 1.165) is 54.9 Å². The molecule has 0 fully saturated rings. The zero-order chi connectivity index (χ0) is 31.2. The predicted molar refractivity (Wildman–Crippen MR) is 193 cm³/mol. The second kappa shape index (κ2) is 11.4. The molecule has 0 radical (unpaired) electrons. The number of benzene rings is 5. The Labute approximate surface area is 275 Å². The number of hydrogen-bond acceptors (Lipinski definition) is 6. The molecule has 4 heterocycles. The summed E-state index contributed by atoms with van der Waals surface area (Å²) in [6.07, 6.45) is 0. The van der Waals surface area contributed by atoms with E-state index in [2.05, 4.69) is 72.8 Å². The van der Waals surface area contributed by atoms with Gasteiger partial charge in [-0.2, -0.15) is 0 Å². The van der Waals surface area contributed by atoms with Gasteiger partial charge in [-0.05, 0) is 30.3 Å². The van der Waals surface area contributed by atoms with Gasteiger partial charge in [-0.15, -0.1) is 11.3 Å². The first-order chi connectivity index (χ1) is 23.3. The molecule has 0 aliphatic heterocycles. The van der Waals surface area contributed by atoms with Gasteiger partial charge in [0, 0.05) is 43.1 Å². The number of aromatic nitrogens is 5. The predicted octanol–water partition coefficient (Wildman–Crippen LogP) is 10.5. The lowest BCUT2D eigenvalue weighted by atomic mass is 10.0. The summed E-state index contributed by atoms with van der Waals surface area (Å²) in [5.41, 5.74) is 7.30. The molecule has 0 spiro atoms. The largest absolute Gasteiger partial charge is 0.246 e. The monoisotopic (exact) mass is 619 g/mol. The van der Waals surface area contributed by atoms with Gasteiger partial charge >= 0.3 is 0 Å². The highest BCUT2D eigenvalue weighted by molar-refractivity contribution is 7.26. The highest BCUT2D eigenvalue weighted by Crippen LogP contribution is 2.41. The van der Waals surface area contributed by atoms with Crippen molar-refractivity contribution < 1.29 is 0 Å². The molecule has 0 atom stereocenters. The van der Waals surface area contributed by atoms with Crippen molar-refractivity contribution in [1.29, 1.82) is 0 Å². The van der Waals surface area contributed by atoms with E-state index >= 15 is 0 Å². The first-order valence-electron chi connectivity index (χ1n) is 15.4. The minimum absolute atomic E-state index is 0.611. The second-order valence-electron chi connectivity index (χ2n) is 11.3. The van der Waals surface area contributed by atoms with E-state index < -0.39 is 0 Å². The Morgan fingerprint density at radius 3 is 1.77 bits per heavy atom. The number of hydrogen-bond donors (Lipinski definition) is 0. The molecule has 0 aliphatic carbocycles. The topological polar surface area (TPSA) is 64.5 Å². The smallest absolute Gasteiger partial charge is 0.164 e. The van der Waals surface area contributed by atoms with Crippen molar-refractivity contribution in [1.82, 2.24) is 24.9 Å². The van der Waals surface area contributed by atoms with Crippen LogP contribution in [0.25, 0.3) is 87.9 Å². The standard InChI is InChI=1S/C41H25N5S/c1-3-13-27(14-4-1)39-44-40(28-15-5-2-6-16-28)46-41(45-39)30-18-11-17-29(24-30)37-38-32(31-19-8-10-21-36(31)47-38)25-35(43-37)34-23-22-26-12-7-9-20-33(26)42-34/h1-25H. The number of nitrogens with zero attached hydrogens (tertiary/aromatic N) is 5. The number of pyridine rings is 2. The minimum atomic E-state index is 0.611. The summed E-state index contributed by atoms with van der Waals surface area (Å²) in [4.78, 5) is 25.1. The van der Waals surface area contributed by atoms with Crippen LogP contribution < -0.4 is 0 Å². The number of fused-ring (bicyclic) bond motifs is 4. The average molecular weight is 620 g/mol. The fourth-order valence-electron chi connectivity index (χ4n) is 6.00. The molecule has 9 rings (SSSR count). The molecule has 0 aliphatic rings. The lowest BCUT2D eigenvalue weighted by Gasteiger charge is -2.11. The molecule has 5 aromatic carbocycles. The molecule has 0 N–H and O–H groups in total. The van der Waals surface area contributed by atoms with Crippen molar-refractivity contribution in [3.05, 3.63) is 152 Å². The van der Waals surface area contributed by atoms with Crippen molar-refractivity contribution in [2.45, 2.75) is 0 Å². The summed E-state index contributed by atoms with van der Waals surface area (Å²) in [5.74, 6) is 1.88. The second-order valence-corrected chi connectivity index (χ2v) is 12.4. The van der Waals surface area contributed by atoms with E-state index in [4.69, 9.17) is 24.9 Å². The van der Waals surface area contributed by atoms with Gasteiger partial charge in [-0.25, -0.2) is 24.9 Å². The Bertz CT molecular complexity index is 2520. The van der Waals surface area contributed by atoms with E-state index in [-0.39, 0.29) is 0 Å². The van der Waals surface area contributed by atoms with E-state index in [1.54, 1.807) is 11.3 Å². The van der Waals surface area contributed by atoms with Gasteiger partial charge in [-0.1, -0.05) is 121 Å². The van der Waals surface area contributed by atoms with Crippen LogP contribution in [0.15, 0.2) is 152 Å². The molecule has 9 aromatic rings. The molecule has 5 nitrogen and oxygen atoms in total. The molecular weight excluding hydrogens is 595 g/mol. The van der Waals surface area contributed by atoms with Crippen molar-refractivity contribution in [2.75, 3.05) is 0 Å².